The molecule has 0 atom stereocenters. The summed E-state index contributed by atoms with van der Waals surface area (Å²) < 4.78 is 10.8. The van der Waals surface area contributed by atoms with Crippen molar-refractivity contribution in [3.63, 3.8) is 0 Å². The lowest BCUT2D eigenvalue weighted by molar-refractivity contribution is -0.129. The van der Waals surface area contributed by atoms with Crippen molar-refractivity contribution in [1.82, 2.24) is 14.8 Å². The molecule has 2 saturated heterocycles. The Morgan fingerprint density at radius 3 is 2.41 bits per heavy atom. The average molecular weight is 560 g/mol. The zero-order valence-corrected chi connectivity index (χ0v) is 24.1. The highest BCUT2D eigenvalue weighted by Gasteiger charge is 2.34. The molecular formula is C31H37N5O5. The second kappa shape index (κ2) is 11.6. The molecule has 10 heteroatoms. The quantitative estimate of drug-likeness (QED) is 0.432. The van der Waals surface area contributed by atoms with E-state index in [9.17, 15) is 14.4 Å². The Hall–Kier alpha value is -4.34. The van der Waals surface area contributed by atoms with Gasteiger partial charge in [0.05, 0.1) is 25.5 Å². The summed E-state index contributed by atoms with van der Waals surface area (Å²) in [7, 11) is 1.60. The number of methoxy groups -OCH3 is 1. The molecule has 0 unspecified atom stereocenters. The van der Waals surface area contributed by atoms with Crippen LogP contribution in [-0.4, -0.2) is 78.2 Å². The molecule has 3 aromatic rings. The van der Waals surface area contributed by atoms with Crippen molar-refractivity contribution in [2.45, 2.75) is 45.8 Å². The van der Waals surface area contributed by atoms with Gasteiger partial charge in [-0.15, -0.1) is 0 Å². The van der Waals surface area contributed by atoms with Crippen molar-refractivity contribution in [2.75, 3.05) is 49.6 Å². The Morgan fingerprint density at radius 2 is 1.68 bits per heavy atom. The molecule has 1 aromatic heterocycles. The minimum absolute atomic E-state index is 0.184. The van der Waals surface area contributed by atoms with Gasteiger partial charge in [0.2, 0.25) is 5.91 Å². The Bertz CT molecular complexity index is 1440. The third kappa shape index (κ3) is 6.21. The van der Waals surface area contributed by atoms with E-state index in [1.807, 2.05) is 63.4 Å². The number of fused-ring (bicyclic) bond motifs is 1. The number of nitrogens with zero attached hydrogens (tertiary/aromatic N) is 5. The molecule has 41 heavy (non-hydrogen) atoms. The van der Waals surface area contributed by atoms with Gasteiger partial charge in [-0.1, -0.05) is 24.3 Å². The number of aromatic nitrogens is 1. The molecule has 4 amide bonds. The lowest BCUT2D eigenvalue weighted by Gasteiger charge is -2.35. The van der Waals surface area contributed by atoms with Crippen LogP contribution in [0.4, 0.5) is 21.0 Å². The van der Waals surface area contributed by atoms with Gasteiger partial charge >= 0.3 is 12.1 Å². The Balaban J connectivity index is 1.38. The molecule has 0 aliphatic carbocycles. The molecule has 3 heterocycles. The molecule has 0 N–H and O–H groups in total. The lowest BCUT2D eigenvalue weighted by Crippen LogP contribution is -2.52. The molecule has 0 saturated carbocycles. The van der Waals surface area contributed by atoms with Crippen molar-refractivity contribution in [2.24, 2.45) is 0 Å². The smallest absolute Gasteiger partial charge is 0.410 e. The highest BCUT2D eigenvalue weighted by Crippen LogP contribution is 2.35. The van der Waals surface area contributed by atoms with Crippen LogP contribution in [0.5, 0.6) is 5.75 Å². The van der Waals surface area contributed by atoms with Crippen LogP contribution in [0.3, 0.4) is 0 Å². The van der Waals surface area contributed by atoms with Crippen molar-refractivity contribution >= 4 is 40.2 Å². The summed E-state index contributed by atoms with van der Waals surface area (Å²) in [5, 5.41) is 1.81. The van der Waals surface area contributed by atoms with Gasteiger partial charge in [-0.2, -0.15) is 0 Å². The summed E-state index contributed by atoms with van der Waals surface area (Å²) in [5.74, 6) is 0.515. The predicted octanol–water partition coefficient (Wildman–Crippen LogP) is 5.05. The number of ether oxygens (including phenoxy) is 2. The third-order valence-corrected chi connectivity index (χ3v) is 7.35. The predicted molar refractivity (Wildman–Crippen MR) is 157 cm³/mol. The van der Waals surface area contributed by atoms with E-state index in [0.717, 1.165) is 35.0 Å². The first kappa shape index (κ1) is 28.2. The summed E-state index contributed by atoms with van der Waals surface area (Å²) in [6.45, 7) is 8.68. The normalized spacial score (nSPS) is 16.7. The minimum atomic E-state index is -0.540. The number of urea groups is 1. The van der Waals surface area contributed by atoms with Crippen LogP contribution in [0.2, 0.25) is 0 Å². The molecule has 5 rings (SSSR count). The summed E-state index contributed by atoms with van der Waals surface area (Å²) in [4.78, 5) is 50.6. The molecule has 0 bridgehead atoms. The van der Waals surface area contributed by atoms with Gasteiger partial charge < -0.3 is 19.3 Å². The molecule has 0 spiro atoms. The van der Waals surface area contributed by atoms with E-state index in [1.165, 1.54) is 4.90 Å². The van der Waals surface area contributed by atoms with Crippen molar-refractivity contribution in [3.8, 4) is 5.75 Å². The minimum Gasteiger partial charge on any atom is -0.497 e. The van der Waals surface area contributed by atoms with Crippen molar-refractivity contribution in [1.29, 1.82) is 0 Å². The summed E-state index contributed by atoms with van der Waals surface area (Å²) >= 11 is 0. The molecule has 10 nitrogen and oxygen atoms in total. The first-order valence-electron chi connectivity index (χ1n) is 14.0. The van der Waals surface area contributed by atoms with Gasteiger partial charge in [0.25, 0.3) is 0 Å². The van der Waals surface area contributed by atoms with E-state index in [-0.39, 0.29) is 37.5 Å². The topological polar surface area (TPSA) is 95.5 Å². The first-order chi connectivity index (χ1) is 19.6. The van der Waals surface area contributed by atoms with E-state index in [0.29, 0.717) is 31.1 Å². The van der Waals surface area contributed by atoms with Gasteiger partial charge in [0.15, 0.2) is 0 Å². The van der Waals surface area contributed by atoms with Crippen LogP contribution in [0.25, 0.3) is 10.8 Å². The largest absolute Gasteiger partial charge is 0.497 e. The third-order valence-electron chi connectivity index (χ3n) is 7.35. The number of carbonyl (C=O) groups excluding carboxylic acids is 3. The Morgan fingerprint density at radius 1 is 0.902 bits per heavy atom. The fourth-order valence-corrected chi connectivity index (χ4v) is 5.31. The lowest BCUT2D eigenvalue weighted by atomic mass is 10.1. The standard InChI is InChI=1S/C31H37N5O5/c1-31(2,3)41-30(39)34-15-6-14-33(17-18-34)26-8-5-7-24-25(26)19-32-20-27(24)35-16-13-28(37)36(29(35)38)21-22-9-11-23(40-4)12-10-22/h5,7-12,19-20H,6,13-18,21H2,1-4H3. The Kier molecular flexibility index (Phi) is 8.01. The number of rotatable bonds is 5. The number of amides is 4. The van der Waals surface area contributed by atoms with Crippen LogP contribution in [0.1, 0.15) is 39.2 Å². The fourth-order valence-electron chi connectivity index (χ4n) is 5.31. The maximum atomic E-state index is 13.7. The van der Waals surface area contributed by atoms with Gasteiger partial charge in [-0.05, 0) is 51.0 Å². The van der Waals surface area contributed by atoms with Crippen LogP contribution in [0, 0.1) is 0 Å². The van der Waals surface area contributed by atoms with Gasteiger partial charge in [0.1, 0.15) is 11.4 Å². The molecule has 2 fully saturated rings. The summed E-state index contributed by atoms with van der Waals surface area (Å²) in [6, 6.07) is 13.0. The number of hydrogen-bond acceptors (Lipinski definition) is 7. The number of anilines is 2. The number of imide groups is 1. The highest BCUT2D eigenvalue weighted by atomic mass is 16.6. The van der Waals surface area contributed by atoms with E-state index >= 15 is 0 Å². The van der Waals surface area contributed by atoms with Crippen LogP contribution in [-0.2, 0) is 16.1 Å². The molecule has 0 radical (unpaired) electrons. The van der Waals surface area contributed by atoms with Gasteiger partial charge in [0, 0.05) is 61.8 Å². The van der Waals surface area contributed by atoms with Crippen molar-refractivity contribution < 1.29 is 23.9 Å². The second-order valence-electron chi connectivity index (χ2n) is 11.4. The van der Waals surface area contributed by atoms with E-state index in [1.54, 1.807) is 23.1 Å². The van der Waals surface area contributed by atoms with Crippen LogP contribution in [0.15, 0.2) is 54.9 Å². The summed E-state index contributed by atoms with van der Waals surface area (Å²) in [5.41, 5.74) is 1.97. The molecule has 2 aromatic carbocycles. The zero-order chi connectivity index (χ0) is 29.1. The Labute approximate surface area is 240 Å². The molecule has 2 aliphatic heterocycles. The zero-order valence-electron chi connectivity index (χ0n) is 24.1. The van der Waals surface area contributed by atoms with E-state index in [4.69, 9.17) is 9.47 Å². The molecule has 216 valence electrons. The number of benzene rings is 2. The monoisotopic (exact) mass is 559 g/mol. The van der Waals surface area contributed by atoms with Crippen LogP contribution >= 0.6 is 0 Å². The summed E-state index contributed by atoms with van der Waals surface area (Å²) in [6.07, 6.45) is 4.25. The second-order valence-corrected chi connectivity index (χ2v) is 11.4. The molecular weight excluding hydrogens is 522 g/mol. The number of pyridine rings is 1. The van der Waals surface area contributed by atoms with Crippen LogP contribution < -0.4 is 14.5 Å². The molecule has 2 aliphatic rings. The number of carbonyl (C=O) groups is 3. The average Bonchev–Trinajstić information content (AvgIpc) is 3.21. The van der Waals surface area contributed by atoms with Gasteiger partial charge in [-0.3, -0.25) is 19.6 Å². The fraction of sp³-hybridized carbons (Fsp3) is 0.419. The maximum absolute atomic E-state index is 13.7. The SMILES string of the molecule is COc1ccc(CN2C(=O)CCN(c3cncc4c(N5CCCN(C(=O)OC(C)(C)C)CC5)cccc34)C2=O)cc1. The van der Waals surface area contributed by atoms with Crippen molar-refractivity contribution in [3.05, 3.63) is 60.4 Å². The first-order valence-corrected chi connectivity index (χ1v) is 14.0. The van der Waals surface area contributed by atoms with Gasteiger partial charge in [-0.25, -0.2) is 9.59 Å². The van der Waals surface area contributed by atoms with E-state index in [2.05, 4.69) is 16.0 Å². The maximum Gasteiger partial charge on any atom is 0.410 e. The van der Waals surface area contributed by atoms with E-state index < -0.39 is 5.60 Å². The number of hydrogen-bond donors (Lipinski definition) is 0. The highest BCUT2D eigenvalue weighted by molar-refractivity contribution is 6.11.